The van der Waals surface area contributed by atoms with Gasteiger partial charge >= 0.3 is 0 Å². The van der Waals surface area contributed by atoms with Crippen LogP contribution in [-0.2, 0) is 9.47 Å². The smallest absolute Gasteiger partial charge is 0.0826 e. The number of ether oxygens (including phenoxy) is 2. The van der Waals surface area contributed by atoms with E-state index in [9.17, 15) is 0 Å². The molecule has 15 heavy (non-hydrogen) atoms. The summed E-state index contributed by atoms with van der Waals surface area (Å²) in [5.41, 5.74) is 0. The molecule has 0 aromatic heterocycles. The van der Waals surface area contributed by atoms with Gasteiger partial charge < -0.3 is 14.8 Å². The van der Waals surface area contributed by atoms with Crippen LogP contribution in [0.15, 0.2) is 0 Å². The Morgan fingerprint density at radius 2 is 2.13 bits per heavy atom. The molecule has 2 heterocycles. The van der Waals surface area contributed by atoms with Crippen LogP contribution >= 0.6 is 0 Å². The summed E-state index contributed by atoms with van der Waals surface area (Å²) < 4.78 is 11.3. The number of likely N-dealkylation sites (N-methyl/N-ethyl adjacent to an activating group) is 1. The molecule has 2 unspecified atom stereocenters. The molecule has 2 aliphatic heterocycles. The van der Waals surface area contributed by atoms with Gasteiger partial charge in [0.1, 0.15) is 0 Å². The lowest BCUT2D eigenvalue weighted by Crippen LogP contribution is -2.48. The molecule has 0 bridgehead atoms. The third-order valence-corrected chi connectivity index (χ3v) is 3.14. The zero-order chi connectivity index (χ0) is 10.5. The van der Waals surface area contributed by atoms with Gasteiger partial charge in [-0.05, 0) is 19.9 Å². The Labute approximate surface area is 91.9 Å². The van der Waals surface area contributed by atoms with Gasteiger partial charge in [-0.15, -0.1) is 0 Å². The van der Waals surface area contributed by atoms with Gasteiger partial charge in [-0.25, -0.2) is 0 Å². The average Bonchev–Trinajstić information content (AvgIpc) is 2.71. The molecule has 0 amide bonds. The molecule has 2 saturated heterocycles. The predicted molar refractivity (Wildman–Crippen MR) is 59.1 cm³/mol. The molecule has 0 spiro atoms. The molecule has 0 aliphatic carbocycles. The molecule has 88 valence electrons. The third kappa shape index (κ3) is 3.41. The van der Waals surface area contributed by atoms with Gasteiger partial charge in [-0.1, -0.05) is 0 Å². The van der Waals surface area contributed by atoms with Gasteiger partial charge in [0.05, 0.1) is 18.8 Å². The summed E-state index contributed by atoms with van der Waals surface area (Å²) in [5, 5.41) is 3.17. The Morgan fingerprint density at radius 3 is 2.87 bits per heavy atom. The van der Waals surface area contributed by atoms with Crippen molar-refractivity contribution in [3.63, 3.8) is 0 Å². The number of morpholine rings is 1. The fourth-order valence-corrected chi connectivity index (χ4v) is 2.37. The van der Waals surface area contributed by atoms with Gasteiger partial charge in [0.25, 0.3) is 0 Å². The van der Waals surface area contributed by atoms with Crippen LogP contribution in [0.1, 0.15) is 12.8 Å². The highest BCUT2D eigenvalue weighted by atomic mass is 16.5. The molecule has 2 fully saturated rings. The van der Waals surface area contributed by atoms with E-state index in [-0.39, 0.29) is 0 Å². The van der Waals surface area contributed by atoms with Crippen molar-refractivity contribution in [3.8, 4) is 0 Å². The Kier molecular flexibility index (Phi) is 4.38. The second kappa shape index (κ2) is 5.80. The maximum Gasteiger partial charge on any atom is 0.0826 e. The molecule has 0 radical (unpaired) electrons. The van der Waals surface area contributed by atoms with Crippen LogP contribution < -0.4 is 5.32 Å². The van der Waals surface area contributed by atoms with Crippen molar-refractivity contribution < 1.29 is 9.47 Å². The van der Waals surface area contributed by atoms with Crippen molar-refractivity contribution in [1.29, 1.82) is 0 Å². The fourth-order valence-electron chi connectivity index (χ4n) is 2.37. The summed E-state index contributed by atoms with van der Waals surface area (Å²) in [6, 6.07) is 0. The normalized spacial score (nSPS) is 33.4. The van der Waals surface area contributed by atoms with Crippen molar-refractivity contribution in [2.45, 2.75) is 25.0 Å². The van der Waals surface area contributed by atoms with Gasteiger partial charge in [-0.2, -0.15) is 0 Å². The SMILES string of the molecule is CNCC1CN(CC2CCCO2)CCO1. The molecule has 4 heteroatoms. The summed E-state index contributed by atoms with van der Waals surface area (Å²) in [6.07, 6.45) is 3.28. The van der Waals surface area contributed by atoms with Crippen LogP contribution in [0, 0.1) is 0 Å². The molecule has 4 nitrogen and oxygen atoms in total. The minimum Gasteiger partial charge on any atom is -0.377 e. The summed E-state index contributed by atoms with van der Waals surface area (Å²) in [6.45, 7) is 5.94. The summed E-state index contributed by atoms with van der Waals surface area (Å²) >= 11 is 0. The van der Waals surface area contributed by atoms with Crippen LogP contribution in [0.25, 0.3) is 0 Å². The predicted octanol–water partition coefficient (Wildman–Crippen LogP) is 0.0856. The van der Waals surface area contributed by atoms with E-state index in [2.05, 4.69) is 10.2 Å². The molecule has 1 N–H and O–H groups in total. The Morgan fingerprint density at radius 1 is 1.27 bits per heavy atom. The number of hydrogen-bond acceptors (Lipinski definition) is 4. The van der Waals surface area contributed by atoms with Crippen LogP contribution in [0.3, 0.4) is 0 Å². The third-order valence-electron chi connectivity index (χ3n) is 3.14. The Hall–Kier alpha value is -0.160. The van der Waals surface area contributed by atoms with E-state index in [1.807, 2.05) is 7.05 Å². The molecule has 2 aliphatic rings. The zero-order valence-corrected chi connectivity index (χ0v) is 9.58. The van der Waals surface area contributed by atoms with Gasteiger partial charge in [0.2, 0.25) is 0 Å². The topological polar surface area (TPSA) is 33.7 Å². The first-order chi connectivity index (χ1) is 7.38. The molecule has 0 aromatic carbocycles. The van der Waals surface area contributed by atoms with E-state index in [4.69, 9.17) is 9.47 Å². The first-order valence-electron chi connectivity index (χ1n) is 5.98. The van der Waals surface area contributed by atoms with E-state index < -0.39 is 0 Å². The van der Waals surface area contributed by atoms with Gasteiger partial charge in [0, 0.05) is 32.8 Å². The number of rotatable bonds is 4. The lowest BCUT2D eigenvalue weighted by atomic mass is 10.2. The minimum atomic E-state index is 0.352. The van der Waals surface area contributed by atoms with Gasteiger partial charge in [0.15, 0.2) is 0 Å². The first-order valence-corrected chi connectivity index (χ1v) is 5.98. The summed E-state index contributed by atoms with van der Waals surface area (Å²) in [4.78, 5) is 2.47. The summed E-state index contributed by atoms with van der Waals surface area (Å²) in [7, 11) is 1.97. The Bertz CT molecular complexity index is 181. The van der Waals surface area contributed by atoms with Crippen LogP contribution in [0.4, 0.5) is 0 Å². The van der Waals surface area contributed by atoms with E-state index in [1.54, 1.807) is 0 Å². The highest BCUT2D eigenvalue weighted by molar-refractivity contribution is 4.77. The van der Waals surface area contributed by atoms with Crippen molar-refractivity contribution in [1.82, 2.24) is 10.2 Å². The van der Waals surface area contributed by atoms with Crippen molar-refractivity contribution in [3.05, 3.63) is 0 Å². The number of nitrogens with one attached hydrogen (secondary N) is 1. The van der Waals surface area contributed by atoms with E-state index >= 15 is 0 Å². The lowest BCUT2D eigenvalue weighted by molar-refractivity contribution is -0.0411. The molecular formula is C11H22N2O2. The first kappa shape index (κ1) is 11.3. The van der Waals surface area contributed by atoms with Gasteiger partial charge in [-0.3, -0.25) is 4.90 Å². The molecule has 0 saturated carbocycles. The molecule has 2 atom stereocenters. The molecule has 2 rings (SSSR count). The van der Waals surface area contributed by atoms with Crippen molar-refractivity contribution in [2.75, 3.05) is 46.4 Å². The maximum atomic E-state index is 5.67. The Balaban J connectivity index is 1.71. The zero-order valence-electron chi connectivity index (χ0n) is 9.58. The highest BCUT2D eigenvalue weighted by Gasteiger charge is 2.24. The number of hydrogen-bond donors (Lipinski definition) is 1. The van der Waals surface area contributed by atoms with Crippen LogP contribution in [-0.4, -0.2) is 63.5 Å². The maximum absolute atomic E-state index is 5.67. The van der Waals surface area contributed by atoms with E-state index in [0.29, 0.717) is 12.2 Å². The standard InChI is InChI=1S/C11H22N2O2/c1-12-7-11-9-13(4-6-15-11)8-10-3-2-5-14-10/h10-12H,2-9H2,1H3. The van der Waals surface area contributed by atoms with E-state index in [1.165, 1.54) is 12.8 Å². The van der Waals surface area contributed by atoms with Crippen LogP contribution in [0.5, 0.6) is 0 Å². The summed E-state index contributed by atoms with van der Waals surface area (Å²) in [5.74, 6) is 0. The lowest BCUT2D eigenvalue weighted by Gasteiger charge is -2.34. The van der Waals surface area contributed by atoms with Crippen molar-refractivity contribution >= 4 is 0 Å². The van der Waals surface area contributed by atoms with E-state index in [0.717, 1.165) is 39.4 Å². The molecular weight excluding hydrogens is 192 g/mol. The second-order valence-electron chi connectivity index (χ2n) is 4.45. The quantitative estimate of drug-likeness (QED) is 0.719. The molecule has 0 aromatic rings. The second-order valence-corrected chi connectivity index (χ2v) is 4.45. The largest absolute Gasteiger partial charge is 0.377 e. The van der Waals surface area contributed by atoms with Crippen molar-refractivity contribution in [2.24, 2.45) is 0 Å². The number of nitrogens with zero attached hydrogens (tertiary/aromatic N) is 1. The monoisotopic (exact) mass is 214 g/mol. The van der Waals surface area contributed by atoms with Crippen LogP contribution in [0.2, 0.25) is 0 Å². The fraction of sp³-hybridized carbons (Fsp3) is 1.00. The minimum absolute atomic E-state index is 0.352. The highest BCUT2D eigenvalue weighted by Crippen LogP contribution is 2.15. The average molecular weight is 214 g/mol.